The minimum atomic E-state index is -1.79. The Morgan fingerprint density at radius 3 is 0.960 bits per heavy atom. The van der Waals surface area contributed by atoms with Crippen molar-refractivity contribution in [1.82, 2.24) is 0 Å². The molecule has 0 saturated heterocycles. The van der Waals surface area contributed by atoms with Crippen LogP contribution in [0.15, 0.2) is 0 Å². The van der Waals surface area contributed by atoms with E-state index < -0.39 is 62.0 Å². The van der Waals surface area contributed by atoms with Gasteiger partial charge in [-0.3, -0.25) is 0 Å². The highest BCUT2D eigenvalue weighted by Gasteiger charge is 2.30. The van der Waals surface area contributed by atoms with Crippen LogP contribution in [-0.2, 0) is 9.59 Å². The number of carbonyl (C=O) groups excluding carboxylic acids is 2. The van der Waals surface area contributed by atoms with E-state index in [1.807, 2.05) is 0 Å². The zero-order valence-corrected chi connectivity index (χ0v) is 13.0. The largest absolute Gasteiger partial charge is 0.412 e. The first-order chi connectivity index (χ1) is 11.1. The Balaban J connectivity index is -0.000000372. The Kier molecular flexibility index (Phi) is 17.4. The highest BCUT2D eigenvalue weighted by atomic mass is 16.4. The lowest BCUT2D eigenvalue weighted by atomic mass is 10.0. The lowest BCUT2D eigenvalue weighted by Gasteiger charge is -2.22. The molecule has 0 aliphatic heterocycles. The molecule has 0 saturated carbocycles. The number of carbonyl (C=O) groups is 2. The normalized spacial score (nSPS) is 20.2. The van der Waals surface area contributed by atoms with Crippen LogP contribution in [0.25, 0.3) is 0 Å². The van der Waals surface area contributed by atoms with Gasteiger partial charge < -0.3 is 66.1 Å². The Hall–Kier alpha value is -1.10. The van der Waals surface area contributed by atoms with Crippen LogP contribution in [0, 0.1) is 0 Å². The predicted octanol–water partition coefficient (Wildman–Crippen LogP) is -7.58. The third-order valence-corrected chi connectivity index (χ3v) is 2.84. The topological polar surface area (TPSA) is 268 Å². The SMILES string of the molecule is O.O=C[C@H](O)[C@@H](O)[C@H](O)[C@H](O)CO.O=C[C@H](O)[C@@H](O)[C@H](O)[C@H](O)CO. The summed E-state index contributed by atoms with van der Waals surface area (Å²) in [7, 11) is 0. The number of aldehydes is 2. The molecule has 13 heteroatoms. The summed E-state index contributed by atoms with van der Waals surface area (Å²) >= 11 is 0. The van der Waals surface area contributed by atoms with E-state index in [-0.39, 0.29) is 18.0 Å². The second-order valence-corrected chi connectivity index (χ2v) is 4.72. The minimum absolute atomic E-state index is 0. The third kappa shape index (κ3) is 10.5. The molecule has 25 heavy (non-hydrogen) atoms. The molecule has 0 radical (unpaired) electrons. The van der Waals surface area contributed by atoms with Crippen molar-refractivity contribution >= 4 is 12.6 Å². The molecule has 0 amide bonds. The number of aliphatic hydroxyl groups is 10. The van der Waals surface area contributed by atoms with Crippen LogP contribution in [0.3, 0.4) is 0 Å². The molecule has 0 aromatic heterocycles. The third-order valence-electron chi connectivity index (χ3n) is 2.84. The molecule has 0 heterocycles. The second kappa shape index (κ2) is 15.2. The summed E-state index contributed by atoms with van der Waals surface area (Å²) in [6.07, 6.45) is -13.7. The summed E-state index contributed by atoms with van der Waals surface area (Å²) in [4.78, 5) is 19.8. The summed E-state index contributed by atoms with van der Waals surface area (Å²) in [5.41, 5.74) is 0. The van der Waals surface area contributed by atoms with Gasteiger partial charge in [-0.25, -0.2) is 0 Å². The van der Waals surface area contributed by atoms with Gasteiger partial charge in [0.2, 0.25) is 0 Å². The summed E-state index contributed by atoms with van der Waals surface area (Å²) in [6.45, 7) is -1.52. The fourth-order valence-electron chi connectivity index (χ4n) is 1.24. The van der Waals surface area contributed by atoms with Gasteiger partial charge in [-0.05, 0) is 0 Å². The van der Waals surface area contributed by atoms with E-state index in [4.69, 9.17) is 51.1 Å². The van der Waals surface area contributed by atoms with Gasteiger partial charge in [-0.15, -0.1) is 0 Å². The van der Waals surface area contributed by atoms with Crippen LogP contribution in [0.1, 0.15) is 0 Å². The van der Waals surface area contributed by atoms with Gasteiger partial charge in [0.25, 0.3) is 0 Å². The van der Waals surface area contributed by atoms with Crippen LogP contribution in [0.2, 0.25) is 0 Å². The maximum Gasteiger partial charge on any atom is 0.151 e. The minimum Gasteiger partial charge on any atom is -0.412 e. The van der Waals surface area contributed by atoms with Crippen LogP contribution < -0.4 is 0 Å². The first-order valence-electron chi connectivity index (χ1n) is 6.65. The number of hydrogen-bond donors (Lipinski definition) is 10. The Morgan fingerprint density at radius 1 is 0.560 bits per heavy atom. The van der Waals surface area contributed by atoms with Crippen LogP contribution in [0.5, 0.6) is 0 Å². The predicted molar refractivity (Wildman–Crippen MR) is 78.0 cm³/mol. The van der Waals surface area contributed by atoms with E-state index in [0.29, 0.717) is 0 Å². The fraction of sp³-hybridized carbons (Fsp3) is 0.833. The molecule has 13 nitrogen and oxygen atoms in total. The quantitative estimate of drug-likeness (QED) is 0.159. The highest BCUT2D eigenvalue weighted by molar-refractivity contribution is 5.57. The molecule has 0 fully saturated rings. The molecule has 0 aromatic rings. The molecule has 0 aliphatic carbocycles. The summed E-state index contributed by atoms with van der Waals surface area (Å²) in [5, 5.41) is 87.1. The van der Waals surface area contributed by atoms with Gasteiger partial charge in [0.05, 0.1) is 13.2 Å². The van der Waals surface area contributed by atoms with E-state index in [1.165, 1.54) is 0 Å². The number of hydrogen-bond acceptors (Lipinski definition) is 12. The Bertz CT molecular complexity index is 309. The fourth-order valence-corrected chi connectivity index (χ4v) is 1.24. The van der Waals surface area contributed by atoms with Crippen LogP contribution in [-0.4, -0.2) is 131 Å². The number of aliphatic hydroxyl groups excluding tert-OH is 10. The van der Waals surface area contributed by atoms with E-state index in [2.05, 4.69) is 0 Å². The van der Waals surface area contributed by atoms with E-state index >= 15 is 0 Å². The van der Waals surface area contributed by atoms with Gasteiger partial charge in [0.15, 0.2) is 12.6 Å². The van der Waals surface area contributed by atoms with Gasteiger partial charge in [-0.1, -0.05) is 0 Å². The molecule has 12 N–H and O–H groups in total. The molecule has 0 spiro atoms. The molecule has 0 bridgehead atoms. The van der Waals surface area contributed by atoms with Gasteiger partial charge in [0.1, 0.15) is 48.8 Å². The lowest BCUT2D eigenvalue weighted by Crippen LogP contribution is -2.46. The highest BCUT2D eigenvalue weighted by Crippen LogP contribution is 2.03. The smallest absolute Gasteiger partial charge is 0.151 e. The van der Waals surface area contributed by atoms with Crippen molar-refractivity contribution in [2.75, 3.05) is 13.2 Å². The lowest BCUT2D eigenvalue weighted by molar-refractivity contribution is -0.136. The maximum absolute atomic E-state index is 9.90. The van der Waals surface area contributed by atoms with Gasteiger partial charge in [0, 0.05) is 0 Å². The van der Waals surface area contributed by atoms with E-state index in [0.717, 1.165) is 0 Å². The standard InChI is InChI=1S/2C6H12O6.H2O/c2*7-1-3(9)5(11)6(12)4(10)2-8;/h2*1,3-6,8-12H,2H2;1H2/t2*3-,4+,5+,6+;/m00./s1. The van der Waals surface area contributed by atoms with Gasteiger partial charge >= 0.3 is 0 Å². The second-order valence-electron chi connectivity index (χ2n) is 4.72. The zero-order valence-electron chi connectivity index (χ0n) is 13.0. The summed E-state index contributed by atoms with van der Waals surface area (Å²) < 4.78 is 0. The van der Waals surface area contributed by atoms with Crippen molar-refractivity contribution in [3.8, 4) is 0 Å². The average molecular weight is 378 g/mol. The zero-order chi connectivity index (χ0) is 19.4. The molecule has 0 unspecified atom stereocenters. The van der Waals surface area contributed by atoms with Crippen molar-refractivity contribution in [2.45, 2.75) is 48.8 Å². The molecule has 0 rings (SSSR count). The summed E-state index contributed by atoms with van der Waals surface area (Å²) in [5.74, 6) is 0. The Morgan fingerprint density at radius 2 is 0.800 bits per heavy atom. The molecule has 152 valence electrons. The van der Waals surface area contributed by atoms with Crippen molar-refractivity contribution in [1.29, 1.82) is 0 Å². The molecule has 0 aliphatic rings. The Labute approximate surface area is 142 Å². The van der Waals surface area contributed by atoms with Crippen molar-refractivity contribution < 1.29 is 66.1 Å². The average Bonchev–Trinajstić information content (AvgIpc) is 2.62. The maximum atomic E-state index is 9.90. The van der Waals surface area contributed by atoms with Crippen LogP contribution in [0.4, 0.5) is 0 Å². The molecular formula is C12H26O13. The van der Waals surface area contributed by atoms with Crippen molar-refractivity contribution in [2.24, 2.45) is 0 Å². The van der Waals surface area contributed by atoms with Crippen LogP contribution >= 0.6 is 0 Å². The van der Waals surface area contributed by atoms with Gasteiger partial charge in [-0.2, -0.15) is 0 Å². The van der Waals surface area contributed by atoms with Crippen molar-refractivity contribution in [3.63, 3.8) is 0 Å². The van der Waals surface area contributed by atoms with Crippen molar-refractivity contribution in [3.05, 3.63) is 0 Å². The van der Waals surface area contributed by atoms with E-state index in [9.17, 15) is 9.59 Å². The first-order valence-corrected chi connectivity index (χ1v) is 6.65. The monoisotopic (exact) mass is 378 g/mol. The molecule has 0 aromatic carbocycles. The molecular weight excluding hydrogens is 352 g/mol. The number of rotatable bonds is 10. The van der Waals surface area contributed by atoms with E-state index in [1.54, 1.807) is 0 Å². The first kappa shape index (κ1) is 28.7. The molecule has 8 atom stereocenters. The summed E-state index contributed by atoms with van der Waals surface area (Å²) in [6, 6.07) is 0.